The summed E-state index contributed by atoms with van der Waals surface area (Å²) < 4.78 is 0. The monoisotopic (exact) mass is 337 g/mol. The highest BCUT2D eigenvalue weighted by molar-refractivity contribution is 5.79. The zero-order chi connectivity index (χ0) is 17.2. The fourth-order valence-electron chi connectivity index (χ4n) is 4.10. The predicted octanol–water partition coefficient (Wildman–Crippen LogP) is 2.21. The van der Waals surface area contributed by atoms with Gasteiger partial charge in [0.05, 0.1) is 6.42 Å². The third-order valence-electron chi connectivity index (χ3n) is 5.43. The van der Waals surface area contributed by atoms with Gasteiger partial charge >= 0.3 is 5.69 Å². The zero-order valence-corrected chi connectivity index (χ0v) is 14.3. The lowest BCUT2D eigenvalue weighted by atomic mass is 9.94. The minimum Gasteiger partial charge on any atom is -0.342 e. The first-order valence-corrected chi connectivity index (χ1v) is 9.13. The molecule has 5 heteroatoms. The molecule has 25 heavy (non-hydrogen) atoms. The number of rotatable bonds is 3. The van der Waals surface area contributed by atoms with Gasteiger partial charge in [-0.05, 0) is 54.9 Å². The van der Waals surface area contributed by atoms with Crippen molar-refractivity contribution in [2.45, 2.75) is 44.4 Å². The molecule has 1 aromatic carbocycles. The molecule has 2 heterocycles. The highest BCUT2D eigenvalue weighted by Gasteiger charge is 2.25. The van der Waals surface area contributed by atoms with E-state index < -0.39 is 0 Å². The van der Waals surface area contributed by atoms with Crippen molar-refractivity contribution in [1.82, 2.24) is 14.9 Å². The van der Waals surface area contributed by atoms with Crippen LogP contribution in [0, 0.1) is 0 Å². The van der Waals surface area contributed by atoms with Crippen molar-refractivity contribution in [2.75, 3.05) is 13.1 Å². The van der Waals surface area contributed by atoms with E-state index in [-0.39, 0.29) is 17.5 Å². The van der Waals surface area contributed by atoms with E-state index in [1.54, 1.807) is 6.20 Å². The summed E-state index contributed by atoms with van der Waals surface area (Å²) in [6.07, 6.45) is 7.49. The van der Waals surface area contributed by atoms with Gasteiger partial charge in [0, 0.05) is 30.9 Å². The van der Waals surface area contributed by atoms with Gasteiger partial charge in [-0.3, -0.25) is 4.79 Å². The predicted molar refractivity (Wildman–Crippen MR) is 95.6 cm³/mol. The van der Waals surface area contributed by atoms with Crippen LogP contribution >= 0.6 is 0 Å². The van der Waals surface area contributed by atoms with E-state index in [1.165, 1.54) is 24.0 Å². The summed E-state index contributed by atoms with van der Waals surface area (Å²) in [4.78, 5) is 32.6. The van der Waals surface area contributed by atoms with Gasteiger partial charge in [0.15, 0.2) is 0 Å². The number of hydrogen-bond donors (Lipinski definition) is 1. The molecule has 1 aromatic heterocycles. The Labute approximate surface area is 147 Å². The Balaban J connectivity index is 1.44. The molecule has 1 fully saturated rings. The third kappa shape index (κ3) is 3.50. The molecule has 1 atom stereocenters. The molecule has 4 rings (SSSR count). The molecular weight excluding hydrogens is 314 g/mol. The van der Waals surface area contributed by atoms with E-state index in [2.05, 4.69) is 28.2 Å². The number of amides is 1. The van der Waals surface area contributed by atoms with Gasteiger partial charge in [-0.1, -0.05) is 18.2 Å². The maximum absolute atomic E-state index is 12.8. The van der Waals surface area contributed by atoms with Crippen molar-refractivity contribution in [3.05, 3.63) is 63.3 Å². The fraction of sp³-hybridized carbons (Fsp3) is 0.450. The minimum absolute atomic E-state index is 0.180. The maximum atomic E-state index is 12.8. The number of benzene rings is 1. The second-order valence-electron chi connectivity index (χ2n) is 7.14. The van der Waals surface area contributed by atoms with E-state index >= 15 is 0 Å². The molecule has 1 amide bonds. The van der Waals surface area contributed by atoms with Crippen LogP contribution in [0.4, 0.5) is 0 Å². The Hall–Kier alpha value is -2.43. The minimum atomic E-state index is -0.320. The van der Waals surface area contributed by atoms with E-state index in [9.17, 15) is 9.59 Å². The van der Waals surface area contributed by atoms with Crippen LogP contribution in [-0.4, -0.2) is 33.9 Å². The van der Waals surface area contributed by atoms with Crippen LogP contribution in [-0.2, 0) is 24.1 Å². The molecule has 0 bridgehead atoms. The topological polar surface area (TPSA) is 66.1 Å². The third-order valence-corrected chi connectivity index (χ3v) is 5.43. The molecule has 2 aromatic rings. The first kappa shape index (κ1) is 16.1. The number of carbonyl (C=O) groups excluding carboxylic acids is 1. The average Bonchev–Trinajstić information content (AvgIpc) is 3.09. The summed E-state index contributed by atoms with van der Waals surface area (Å²) in [6, 6.07) is 8.35. The number of aromatic nitrogens is 2. The number of nitrogens with zero attached hydrogens (tertiary/aromatic N) is 2. The number of aryl methyl sites for hydroxylation is 2. The number of fused-ring (bicyclic) bond motifs is 1. The second-order valence-corrected chi connectivity index (χ2v) is 7.14. The number of likely N-dealkylation sites (tertiary alicyclic amines) is 1. The number of H-pyrrole nitrogens is 1. The first-order valence-electron chi connectivity index (χ1n) is 9.13. The lowest BCUT2D eigenvalue weighted by Gasteiger charge is -2.32. The molecule has 130 valence electrons. The number of aromatic amines is 1. The molecule has 0 saturated carbocycles. The van der Waals surface area contributed by atoms with Crippen molar-refractivity contribution in [3.63, 3.8) is 0 Å². The van der Waals surface area contributed by atoms with Crippen LogP contribution in [0.15, 0.2) is 35.3 Å². The molecule has 0 unspecified atom stereocenters. The molecule has 2 aliphatic rings. The smallest absolute Gasteiger partial charge is 0.342 e. The number of piperidine rings is 1. The summed E-state index contributed by atoms with van der Waals surface area (Å²) >= 11 is 0. The van der Waals surface area contributed by atoms with Crippen LogP contribution in [0.2, 0.25) is 0 Å². The molecule has 0 spiro atoms. The van der Waals surface area contributed by atoms with E-state index in [0.29, 0.717) is 13.0 Å². The van der Waals surface area contributed by atoms with Crippen molar-refractivity contribution >= 4 is 5.91 Å². The Morgan fingerprint density at radius 3 is 2.96 bits per heavy atom. The standard InChI is InChI=1S/C20H23N3O2/c24-19(12-14-6-7-15-3-1-4-16(15)11-14)23-10-2-5-17(13-23)18-8-9-21-20(25)22-18/h6-9,11,17H,1-5,10,12-13H2,(H,21,22,25)/t17-/m0/s1. The van der Waals surface area contributed by atoms with Crippen molar-refractivity contribution in [2.24, 2.45) is 0 Å². The van der Waals surface area contributed by atoms with Gasteiger partial charge in [-0.15, -0.1) is 0 Å². The fourth-order valence-corrected chi connectivity index (χ4v) is 4.10. The van der Waals surface area contributed by atoms with Gasteiger partial charge in [-0.25, -0.2) is 9.78 Å². The van der Waals surface area contributed by atoms with Crippen molar-refractivity contribution < 1.29 is 4.79 Å². The first-order chi connectivity index (χ1) is 12.2. The Kier molecular flexibility index (Phi) is 4.38. The van der Waals surface area contributed by atoms with Crippen LogP contribution < -0.4 is 5.69 Å². The molecule has 1 N–H and O–H groups in total. The van der Waals surface area contributed by atoms with Gasteiger partial charge in [-0.2, -0.15) is 0 Å². The maximum Gasteiger partial charge on any atom is 0.345 e. The summed E-state index contributed by atoms with van der Waals surface area (Å²) in [5.41, 5.74) is 4.53. The van der Waals surface area contributed by atoms with Gasteiger partial charge in [0.25, 0.3) is 0 Å². The van der Waals surface area contributed by atoms with E-state index in [1.807, 2.05) is 11.0 Å². The Bertz CT molecular complexity index is 843. The largest absolute Gasteiger partial charge is 0.345 e. The highest BCUT2D eigenvalue weighted by atomic mass is 16.2. The van der Waals surface area contributed by atoms with E-state index in [0.717, 1.165) is 37.1 Å². The van der Waals surface area contributed by atoms with Crippen LogP contribution in [0.3, 0.4) is 0 Å². The lowest BCUT2D eigenvalue weighted by molar-refractivity contribution is -0.131. The van der Waals surface area contributed by atoms with Crippen molar-refractivity contribution in [1.29, 1.82) is 0 Å². The second kappa shape index (κ2) is 6.82. The van der Waals surface area contributed by atoms with Gasteiger partial charge < -0.3 is 9.88 Å². The van der Waals surface area contributed by atoms with Crippen molar-refractivity contribution in [3.8, 4) is 0 Å². The molecule has 1 aliphatic carbocycles. The highest BCUT2D eigenvalue weighted by Crippen LogP contribution is 2.26. The summed E-state index contributed by atoms with van der Waals surface area (Å²) in [7, 11) is 0. The lowest BCUT2D eigenvalue weighted by Crippen LogP contribution is -2.40. The zero-order valence-electron chi connectivity index (χ0n) is 14.3. The van der Waals surface area contributed by atoms with Gasteiger partial charge in [0.1, 0.15) is 0 Å². The molecule has 5 nitrogen and oxygen atoms in total. The Morgan fingerprint density at radius 2 is 2.08 bits per heavy atom. The van der Waals surface area contributed by atoms with E-state index in [4.69, 9.17) is 0 Å². The normalized spacial score (nSPS) is 19.7. The van der Waals surface area contributed by atoms with Crippen LogP contribution in [0.5, 0.6) is 0 Å². The average molecular weight is 337 g/mol. The van der Waals surface area contributed by atoms with Gasteiger partial charge in [0.2, 0.25) is 5.91 Å². The number of hydrogen-bond acceptors (Lipinski definition) is 3. The number of nitrogens with one attached hydrogen (secondary N) is 1. The summed E-state index contributed by atoms with van der Waals surface area (Å²) in [5.74, 6) is 0.368. The molecule has 1 aliphatic heterocycles. The quantitative estimate of drug-likeness (QED) is 0.934. The summed E-state index contributed by atoms with van der Waals surface area (Å²) in [6.45, 7) is 1.47. The van der Waals surface area contributed by atoms with Crippen LogP contribution in [0.1, 0.15) is 47.6 Å². The number of carbonyl (C=O) groups is 1. The molecule has 1 saturated heterocycles. The SMILES string of the molecule is O=C(Cc1ccc2c(c1)CCC2)N1CCC[C@H](c2ccnc(=O)[nH]2)C1. The molecule has 0 radical (unpaired) electrons. The molecular formula is C20H23N3O2. The van der Waals surface area contributed by atoms with Crippen LogP contribution in [0.25, 0.3) is 0 Å². The summed E-state index contributed by atoms with van der Waals surface area (Å²) in [5, 5.41) is 0. The Morgan fingerprint density at radius 1 is 1.20 bits per heavy atom.